The lowest BCUT2D eigenvalue weighted by atomic mass is 9.94. The summed E-state index contributed by atoms with van der Waals surface area (Å²) in [5, 5.41) is 0. The monoisotopic (exact) mass is 1570 g/mol. The maximum absolute atomic E-state index is 12.7. The van der Waals surface area contributed by atoms with Gasteiger partial charge in [0.15, 0.2) is 67.3 Å². The summed E-state index contributed by atoms with van der Waals surface area (Å²) < 4.78 is 72.2. The van der Waals surface area contributed by atoms with Crippen LogP contribution in [0.4, 0.5) is 0 Å². The summed E-state index contributed by atoms with van der Waals surface area (Å²) in [5.74, 6) is -4.70. The normalized spacial score (nSPS) is 12.0. The Balaban J connectivity index is -0.000000442. The van der Waals surface area contributed by atoms with Crippen LogP contribution >= 0.6 is 0 Å². The first-order valence-corrected chi connectivity index (χ1v) is 59.4. The first kappa shape index (κ1) is 105. The van der Waals surface area contributed by atoms with E-state index in [2.05, 4.69) is 172 Å². The molecular weight excluding hydrogens is 1430 g/mol. The van der Waals surface area contributed by atoms with E-state index in [1.54, 1.807) is 20.8 Å². The summed E-state index contributed by atoms with van der Waals surface area (Å²) in [6.45, 7) is 68.3. The molecule has 0 fully saturated rings. The summed E-state index contributed by atoms with van der Waals surface area (Å²) in [6, 6.07) is 6.61. The molecule has 30 heteroatoms. The van der Waals surface area contributed by atoms with Crippen LogP contribution in [0.3, 0.4) is 0 Å². The van der Waals surface area contributed by atoms with Crippen LogP contribution < -0.4 is 0 Å². The molecular formula is C71H138O22Si8. The third kappa shape index (κ3) is 59.2. The number of carbonyl (C=O) groups is 9. The highest BCUT2D eigenvalue weighted by Gasteiger charge is 2.38. The third-order valence-electron chi connectivity index (χ3n) is 14.5. The van der Waals surface area contributed by atoms with Crippen molar-refractivity contribution in [1.82, 2.24) is 0 Å². The minimum absolute atomic E-state index is 0. The molecule has 22 nitrogen and oxygen atoms in total. The summed E-state index contributed by atoms with van der Waals surface area (Å²) >= 11 is 0. The molecule has 0 radical (unpaired) electrons. The first-order valence-electron chi connectivity index (χ1n) is 34.8. The van der Waals surface area contributed by atoms with Crippen LogP contribution in [0.15, 0.2) is 75.9 Å². The first-order chi connectivity index (χ1) is 45.8. The van der Waals surface area contributed by atoms with Gasteiger partial charge in [0, 0.05) is 55.7 Å². The Morgan fingerprint density at radius 3 is 0.614 bits per heavy atom. The highest BCUT2D eigenvalue weighted by atomic mass is 28.4. The van der Waals surface area contributed by atoms with Crippen LogP contribution in [-0.2, 0) is 102 Å². The molecule has 0 spiro atoms. The van der Waals surface area contributed by atoms with Crippen molar-refractivity contribution in [3.05, 3.63) is 75.9 Å². The molecule has 0 aliphatic carbocycles. The lowest BCUT2D eigenvalue weighted by Gasteiger charge is -2.34. The molecule has 0 atom stereocenters. The van der Waals surface area contributed by atoms with Crippen molar-refractivity contribution >= 4 is 121 Å². The molecule has 0 aliphatic rings. The van der Waals surface area contributed by atoms with Crippen LogP contribution in [0, 0.1) is 16.2 Å². The van der Waals surface area contributed by atoms with E-state index in [0.29, 0.717) is 18.1 Å². The Kier molecular flexibility index (Phi) is 54.3. The zero-order valence-corrected chi connectivity index (χ0v) is 74.2. The fraction of sp³-hybridized carbons (Fsp3) is 0.704. The summed E-state index contributed by atoms with van der Waals surface area (Å²) in [4.78, 5) is 105. The van der Waals surface area contributed by atoms with Crippen LogP contribution in [0.5, 0.6) is 0 Å². The largest absolute Gasteiger partial charge is 0.465 e. The highest BCUT2D eigenvalue weighted by Crippen LogP contribution is 2.29. The number of hydrogen-bond acceptors (Lipinski definition) is 22. The summed E-state index contributed by atoms with van der Waals surface area (Å²) in [6.07, 6.45) is 11.5. The maximum atomic E-state index is 12.7. The molecule has 0 aromatic carbocycles. The van der Waals surface area contributed by atoms with Crippen LogP contribution in [0.1, 0.15) is 101 Å². The van der Waals surface area contributed by atoms with Crippen molar-refractivity contribution < 1.29 is 102 Å². The molecule has 0 amide bonds. The van der Waals surface area contributed by atoms with Gasteiger partial charge in [0.25, 0.3) is 0 Å². The van der Waals surface area contributed by atoms with Gasteiger partial charge in [-0.2, -0.15) is 0 Å². The van der Waals surface area contributed by atoms with Gasteiger partial charge in [-0.1, -0.05) is 100 Å². The van der Waals surface area contributed by atoms with Gasteiger partial charge in [-0.05, 0) is 168 Å². The topological polar surface area (TPSA) is 274 Å². The average Bonchev–Trinajstić information content (AvgIpc) is 0.883. The van der Waals surface area contributed by atoms with E-state index in [1.165, 1.54) is 12.5 Å². The van der Waals surface area contributed by atoms with Crippen LogP contribution in [0.2, 0.25) is 147 Å². The molecule has 586 valence electrons. The zero-order chi connectivity index (χ0) is 78.5. The van der Waals surface area contributed by atoms with Gasteiger partial charge in [0.05, 0.1) is 16.2 Å². The summed E-state index contributed by atoms with van der Waals surface area (Å²) in [5.41, 5.74) is -2.65. The van der Waals surface area contributed by atoms with Gasteiger partial charge < -0.3 is 59.1 Å². The van der Waals surface area contributed by atoms with Gasteiger partial charge in [-0.15, -0.1) is 0 Å². The summed E-state index contributed by atoms with van der Waals surface area (Å²) in [7, 11) is -13.2. The Morgan fingerprint density at radius 1 is 0.297 bits per heavy atom. The quantitative estimate of drug-likeness (QED) is 0.0237. The Labute approximate surface area is 619 Å². The molecule has 0 aliphatic heterocycles. The van der Waals surface area contributed by atoms with Crippen molar-refractivity contribution in [2.24, 2.45) is 16.2 Å². The molecule has 0 saturated heterocycles. The Morgan fingerprint density at radius 2 is 0.455 bits per heavy atom. The Hall–Kier alpha value is -4.75. The molecule has 0 bridgehead atoms. The third-order valence-corrected chi connectivity index (χ3v) is 43.4. The SMILES string of the molecule is C.C=CC(=O)OCC(C)(COC(=O)C=C)COC(=O)C=C.C=CC(=O)OCC(C)(COC(=O)C=C)COC(=O)CC[Si](C)(C)O[Si](C)(C)CCC.C=CC(=O)OCC(C)(COC(=O)CC[Si](C)(C)O[Si](C)(C)CCC)COC(=O)CC[Si](C)(C)O[Si](C)(C)CCC.CCC[Si](C)(C)O[SiH](C)C. The maximum Gasteiger partial charge on any atom is 0.330 e. The minimum Gasteiger partial charge on any atom is -0.465 e. The van der Waals surface area contributed by atoms with Gasteiger partial charge in [-0.25, -0.2) is 28.8 Å². The van der Waals surface area contributed by atoms with E-state index in [9.17, 15) is 43.2 Å². The van der Waals surface area contributed by atoms with E-state index >= 15 is 0 Å². The molecule has 0 unspecified atom stereocenters. The number of esters is 9. The van der Waals surface area contributed by atoms with Gasteiger partial charge in [0.2, 0.25) is 0 Å². The highest BCUT2D eigenvalue weighted by molar-refractivity contribution is 6.86. The second-order valence-corrected chi connectivity index (χ2v) is 64.2. The molecule has 0 aromatic rings. The average molecular weight is 1570 g/mol. The van der Waals surface area contributed by atoms with E-state index < -0.39 is 119 Å². The Bertz CT molecular complexity index is 2430. The number of carbonyl (C=O) groups excluding carboxylic acids is 9. The van der Waals surface area contributed by atoms with Crippen molar-refractivity contribution in [3.63, 3.8) is 0 Å². The van der Waals surface area contributed by atoms with E-state index in [4.69, 9.17) is 59.1 Å². The molecule has 0 saturated carbocycles. The van der Waals surface area contributed by atoms with Crippen molar-refractivity contribution in [1.29, 1.82) is 0 Å². The van der Waals surface area contributed by atoms with E-state index in [0.717, 1.165) is 73.9 Å². The van der Waals surface area contributed by atoms with Gasteiger partial charge in [-0.3, -0.25) is 14.4 Å². The van der Waals surface area contributed by atoms with Crippen molar-refractivity contribution in [2.75, 3.05) is 59.5 Å². The van der Waals surface area contributed by atoms with Crippen LogP contribution in [-0.4, -0.2) is 180 Å². The minimum atomic E-state index is -2.02. The number of hydrogen-bond donors (Lipinski definition) is 0. The second-order valence-electron chi connectivity index (χ2n) is 30.6. The second kappa shape index (κ2) is 52.2. The lowest BCUT2D eigenvalue weighted by Crippen LogP contribution is -2.44. The van der Waals surface area contributed by atoms with Gasteiger partial charge >= 0.3 is 53.7 Å². The standard InChI is InChI=1S/C28H58O8Si4.C21H38O7Si2.C14H18O6.C7H20OSi2.CH4/c1-13-18-37(5,6)35-39(9,10)20-16-26(30)33-23-28(4,22-32-25(29)15-3)24-34-27(31)17-21-40(11,12)36-38(7,8)19-14-2;1-9-13-29(5,6)28-30(7,8)14-12-20(24)27-17-21(4,15-25-18(22)10-2)16-26-19(23)11-3;1-5-11(15)18-8-14(4,9-19-12(16)6-2)10-20-13(17)7-3;1-6-7-10(4,5)8-9(2)3;/h15H,3,13-14,16-24H2,1-2,4-12H3;10-11H,2-3,9,12-17H2,1,4-8H3;5-7H,1-3,8-10H2,4H3;9H,6-7H2,1-5H3;1H4. The van der Waals surface area contributed by atoms with Crippen molar-refractivity contribution in [2.45, 2.75) is 248 Å². The lowest BCUT2D eigenvalue weighted by molar-refractivity contribution is -0.160. The van der Waals surface area contributed by atoms with Gasteiger partial charge in [0.1, 0.15) is 59.5 Å². The predicted molar refractivity (Wildman–Crippen MR) is 425 cm³/mol. The van der Waals surface area contributed by atoms with E-state index in [-0.39, 0.29) is 104 Å². The van der Waals surface area contributed by atoms with Crippen LogP contribution in [0.25, 0.3) is 0 Å². The molecule has 0 N–H and O–H groups in total. The molecule has 0 rings (SSSR count). The predicted octanol–water partition coefficient (Wildman–Crippen LogP) is 15.9. The molecule has 0 aromatic heterocycles. The number of ether oxygens (including phenoxy) is 9. The smallest absolute Gasteiger partial charge is 0.330 e. The fourth-order valence-electron chi connectivity index (χ4n) is 10.0. The number of rotatable bonds is 49. The van der Waals surface area contributed by atoms with Crippen molar-refractivity contribution in [3.8, 4) is 0 Å². The van der Waals surface area contributed by atoms with E-state index in [1.807, 2.05) is 0 Å². The molecule has 0 heterocycles. The molecule has 101 heavy (non-hydrogen) atoms. The fourth-order valence-corrected chi connectivity index (χ4v) is 43.3. The zero-order valence-electron chi connectivity index (χ0n) is 66.0.